The van der Waals surface area contributed by atoms with E-state index in [0.29, 0.717) is 12.4 Å². The molecular weight excluding hydrogens is 217 g/mol. The lowest BCUT2D eigenvalue weighted by Gasteiger charge is -2.30. The first-order chi connectivity index (χ1) is 8.24. The van der Waals surface area contributed by atoms with Crippen molar-refractivity contribution in [3.63, 3.8) is 0 Å². The van der Waals surface area contributed by atoms with Crippen LogP contribution >= 0.6 is 0 Å². The first-order valence-electron chi connectivity index (χ1n) is 6.04. The van der Waals surface area contributed by atoms with Gasteiger partial charge in [0.15, 0.2) is 0 Å². The van der Waals surface area contributed by atoms with Crippen LogP contribution in [0.3, 0.4) is 0 Å². The van der Waals surface area contributed by atoms with Crippen LogP contribution in [0, 0.1) is 22.6 Å². The second-order valence-corrected chi connectivity index (χ2v) is 4.70. The van der Waals surface area contributed by atoms with Gasteiger partial charge in [0.05, 0.1) is 11.5 Å². The number of ether oxygens (including phenoxy) is 1. The van der Waals surface area contributed by atoms with Crippen LogP contribution in [0.4, 0.5) is 4.39 Å². The van der Waals surface area contributed by atoms with Gasteiger partial charge in [-0.25, -0.2) is 4.39 Å². The van der Waals surface area contributed by atoms with E-state index in [0.717, 1.165) is 25.7 Å². The molecule has 0 saturated heterocycles. The summed E-state index contributed by atoms with van der Waals surface area (Å²) in [4.78, 5) is 0. The van der Waals surface area contributed by atoms with E-state index in [2.05, 4.69) is 6.07 Å². The van der Waals surface area contributed by atoms with Crippen molar-refractivity contribution in [1.29, 1.82) is 5.26 Å². The third-order valence-electron chi connectivity index (χ3n) is 3.38. The molecule has 0 aromatic heterocycles. The number of nitriles is 1. The third kappa shape index (κ3) is 2.97. The molecule has 0 unspecified atom stereocenters. The minimum absolute atomic E-state index is 0.273. The zero-order valence-corrected chi connectivity index (χ0v) is 9.79. The fourth-order valence-corrected chi connectivity index (χ4v) is 2.27. The predicted molar refractivity (Wildman–Crippen MR) is 63.0 cm³/mol. The molecule has 17 heavy (non-hydrogen) atoms. The summed E-state index contributed by atoms with van der Waals surface area (Å²) in [6, 6.07) is 8.34. The van der Waals surface area contributed by atoms with Crippen molar-refractivity contribution in [3.05, 3.63) is 30.1 Å². The highest BCUT2D eigenvalue weighted by Crippen LogP contribution is 2.36. The smallest absolute Gasteiger partial charge is 0.123 e. The Morgan fingerprint density at radius 2 is 1.82 bits per heavy atom. The summed E-state index contributed by atoms with van der Waals surface area (Å²) in [5.74, 6) is 0.358. The van der Waals surface area contributed by atoms with E-state index in [-0.39, 0.29) is 11.2 Å². The SMILES string of the molecule is N#CC1(COc2ccc(F)cc2)CCCCC1. The molecule has 1 aliphatic rings. The van der Waals surface area contributed by atoms with Crippen LogP contribution in [0.15, 0.2) is 24.3 Å². The van der Waals surface area contributed by atoms with Gasteiger partial charge >= 0.3 is 0 Å². The van der Waals surface area contributed by atoms with Crippen LogP contribution in [0.5, 0.6) is 5.75 Å². The van der Waals surface area contributed by atoms with Crippen molar-refractivity contribution >= 4 is 0 Å². The van der Waals surface area contributed by atoms with Gasteiger partial charge in [0.2, 0.25) is 0 Å². The normalized spacial score (nSPS) is 18.4. The predicted octanol–water partition coefficient (Wildman–Crippen LogP) is 3.68. The zero-order valence-electron chi connectivity index (χ0n) is 9.79. The summed E-state index contributed by atoms with van der Waals surface area (Å²) >= 11 is 0. The van der Waals surface area contributed by atoms with Gasteiger partial charge in [0, 0.05) is 0 Å². The number of hydrogen-bond acceptors (Lipinski definition) is 2. The van der Waals surface area contributed by atoms with Gasteiger partial charge in [-0.1, -0.05) is 19.3 Å². The first kappa shape index (κ1) is 11.9. The Kier molecular flexibility index (Phi) is 3.63. The lowest BCUT2D eigenvalue weighted by atomic mass is 9.76. The molecule has 0 aliphatic heterocycles. The van der Waals surface area contributed by atoms with Crippen molar-refractivity contribution in [2.24, 2.45) is 5.41 Å². The minimum Gasteiger partial charge on any atom is -0.492 e. The maximum Gasteiger partial charge on any atom is 0.123 e. The Morgan fingerprint density at radius 1 is 1.18 bits per heavy atom. The van der Waals surface area contributed by atoms with Crippen LogP contribution in [0.2, 0.25) is 0 Å². The average molecular weight is 233 g/mol. The van der Waals surface area contributed by atoms with Crippen molar-refractivity contribution < 1.29 is 9.13 Å². The molecule has 0 atom stereocenters. The molecule has 1 fully saturated rings. The first-order valence-corrected chi connectivity index (χ1v) is 6.04. The van der Waals surface area contributed by atoms with Gasteiger partial charge in [0.25, 0.3) is 0 Å². The maximum absolute atomic E-state index is 12.7. The molecule has 0 radical (unpaired) electrons. The molecule has 1 saturated carbocycles. The monoisotopic (exact) mass is 233 g/mol. The number of nitrogens with zero attached hydrogens (tertiary/aromatic N) is 1. The van der Waals surface area contributed by atoms with Crippen LogP contribution in [-0.4, -0.2) is 6.61 Å². The molecule has 1 aromatic rings. The van der Waals surface area contributed by atoms with Gasteiger partial charge in [-0.15, -0.1) is 0 Å². The second kappa shape index (κ2) is 5.18. The van der Waals surface area contributed by atoms with Crippen LogP contribution in [0.1, 0.15) is 32.1 Å². The van der Waals surface area contributed by atoms with E-state index in [1.807, 2.05) is 0 Å². The minimum atomic E-state index is -0.341. The average Bonchev–Trinajstić information content (AvgIpc) is 2.39. The fourth-order valence-electron chi connectivity index (χ4n) is 2.27. The van der Waals surface area contributed by atoms with Gasteiger partial charge in [-0.2, -0.15) is 5.26 Å². The highest BCUT2D eigenvalue weighted by Gasteiger charge is 2.32. The molecule has 90 valence electrons. The summed E-state index contributed by atoms with van der Waals surface area (Å²) in [6.07, 6.45) is 5.22. The molecule has 0 amide bonds. The van der Waals surface area contributed by atoms with Crippen LogP contribution in [-0.2, 0) is 0 Å². The molecular formula is C14H16FNO. The van der Waals surface area contributed by atoms with Crippen molar-refractivity contribution in [2.75, 3.05) is 6.61 Å². The lowest BCUT2D eigenvalue weighted by molar-refractivity contribution is 0.150. The van der Waals surface area contributed by atoms with Gasteiger partial charge in [0.1, 0.15) is 18.2 Å². The second-order valence-electron chi connectivity index (χ2n) is 4.70. The lowest BCUT2D eigenvalue weighted by Crippen LogP contribution is -2.29. The van der Waals surface area contributed by atoms with E-state index in [9.17, 15) is 9.65 Å². The van der Waals surface area contributed by atoms with E-state index < -0.39 is 0 Å². The highest BCUT2D eigenvalue weighted by atomic mass is 19.1. The molecule has 1 aromatic carbocycles. The van der Waals surface area contributed by atoms with Crippen molar-refractivity contribution in [1.82, 2.24) is 0 Å². The summed E-state index contributed by atoms with van der Waals surface area (Å²) in [5, 5.41) is 9.27. The zero-order chi connectivity index (χ0) is 12.1. The topological polar surface area (TPSA) is 33.0 Å². The van der Waals surface area contributed by atoms with Gasteiger partial charge in [-0.3, -0.25) is 0 Å². The van der Waals surface area contributed by atoms with Crippen LogP contribution < -0.4 is 4.74 Å². The van der Waals surface area contributed by atoms with E-state index in [1.54, 1.807) is 12.1 Å². The summed E-state index contributed by atoms with van der Waals surface area (Å²) in [5.41, 5.74) is -0.341. The molecule has 1 aliphatic carbocycles. The maximum atomic E-state index is 12.7. The Bertz CT molecular complexity index is 401. The van der Waals surface area contributed by atoms with Crippen LogP contribution in [0.25, 0.3) is 0 Å². The van der Waals surface area contributed by atoms with Gasteiger partial charge in [-0.05, 0) is 37.1 Å². The highest BCUT2D eigenvalue weighted by molar-refractivity contribution is 5.22. The van der Waals surface area contributed by atoms with E-state index >= 15 is 0 Å². The molecule has 0 N–H and O–H groups in total. The Labute approximate surface area is 101 Å². The largest absolute Gasteiger partial charge is 0.492 e. The number of rotatable bonds is 3. The number of benzene rings is 1. The Morgan fingerprint density at radius 3 is 2.41 bits per heavy atom. The number of halogens is 1. The Hall–Kier alpha value is -1.56. The molecule has 0 heterocycles. The quantitative estimate of drug-likeness (QED) is 0.797. The van der Waals surface area contributed by atoms with E-state index in [4.69, 9.17) is 4.74 Å². The van der Waals surface area contributed by atoms with Gasteiger partial charge < -0.3 is 4.74 Å². The standard InChI is InChI=1S/C14H16FNO/c15-12-4-6-13(7-5-12)17-11-14(10-16)8-2-1-3-9-14/h4-7H,1-3,8-9,11H2. The number of hydrogen-bond donors (Lipinski definition) is 0. The summed E-state index contributed by atoms with van der Waals surface area (Å²) in [7, 11) is 0. The van der Waals surface area contributed by atoms with Crippen molar-refractivity contribution in [2.45, 2.75) is 32.1 Å². The molecule has 0 spiro atoms. The summed E-state index contributed by atoms with van der Waals surface area (Å²) < 4.78 is 18.3. The Balaban J connectivity index is 1.96. The summed E-state index contributed by atoms with van der Waals surface area (Å²) in [6.45, 7) is 0.412. The fraction of sp³-hybridized carbons (Fsp3) is 0.500. The molecule has 0 bridgehead atoms. The molecule has 3 heteroatoms. The molecule has 2 nitrogen and oxygen atoms in total. The van der Waals surface area contributed by atoms with E-state index in [1.165, 1.54) is 18.6 Å². The molecule has 2 rings (SSSR count). The van der Waals surface area contributed by atoms with Crippen molar-refractivity contribution in [3.8, 4) is 11.8 Å². The third-order valence-corrected chi connectivity index (χ3v) is 3.38.